The van der Waals surface area contributed by atoms with E-state index in [4.69, 9.17) is 0 Å². The Morgan fingerprint density at radius 2 is 2.00 bits per heavy atom. The van der Waals surface area contributed by atoms with Crippen LogP contribution in [0.25, 0.3) is 11.0 Å². The zero-order chi connectivity index (χ0) is 17.3. The fraction of sp³-hybridized carbons (Fsp3) is 0.235. The highest BCUT2D eigenvalue weighted by molar-refractivity contribution is 7.90. The van der Waals surface area contributed by atoms with Gasteiger partial charge < -0.3 is 4.90 Å². The summed E-state index contributed by atoms with van der Waals surface area (Å²) in [7, 11) is 0.0133. The molecule has 0 saturated heterocycles. The van der Waals surface area contributed by atoms with Gasteiger partial charge in [0.2, 0.25) is 0 Å². The minimum atomic E-state index is -3.91. The summed E-state index contributed by atoms with van der Waals surface area (Å²) >= 11 is 0. The number of nitrogens with zero attached hydrogens (tertiary/aromatic N) is 3. The summed E-state index contributed by atoms with van der Waals surface area (Å²) in [5.74, 6) is -0.590. The molecule has 0 aliphatic rings. The highest BCUT2D eigenvalue weighted by atomic mass is 32.2. The van der Waals surface area contributed by atoms with Crippen LogP contribution in [0.2, 0.25) is 0 Å². The van der Waals surface area contributed by atoms with Gasteiger partial charge in [-0.2, -0.15) is 0 Å². The number of hydrogen-bond donors (Lipinski definition) is 0. The molecule has 2 heterocycles. The Bertz CT molecular complexity index is 980. The highest BCUT2D eigenvalue weighted by Crippen LogP contribution is 2.25. The van der Waals surface area contributed by atoms with Gasteiger partial charge in [0.25, 0.3) is 10.0 Å². The van der Waals surface area contributed by atoms with Crippen molar-refractivity contribution < 1.29 is 12.8 Å². The molecule has 0 unspecified atom stereocenters. The molecule has 1 aromatic carbocycles. The zero-order valence-electron chi connectivity index (χ0n) is 13.5. The van der Waals surface area contributed by atoms with Gasteiger partial charge in [-0.15, -0.1) is 0 Å². The van der Waals surface area contributed by atoms with Crippen LogP contribution in [0.3, 0.4) is 0 Å². The monoisotopic (exact) mass is 347 g/mol. The summed E-state index contributed by atoms with van der Waals surface area (Å²) in [5, 5.41) is 0.791. The van der Waals surface area contributed by atoms with Gasteiger partial charge in [0.05, 0.1) is 4.90 Å². The fourth-order valence-electron chi connectivity index (χ4n) is 2.56. The Morgan fingerprint density at radius 3 is 2.71 bits per heavy atom. The van der Waals surface area contributed by atoms with Crippen LogP contribution in [0.1, 0.15) is 5.56 Å². The molecule has 0 saturated carbocycles. The quantitative estimate of drug-likeness (QED) is 0.712. The molecule has 0 amide bonds. The molecule has 2 aromatic heterocycles. The third kappa shape index (κ3) is 3.05. The summed E-state index contributed by atoms with van der Waals surface area (Å²) in [5.41, 5.74) is 1.25. The molecular weight excluding hydrogens is 329 g/mol. The molecule has 3 aromatic rings. The van der Waals surface area contributed by atoms with E-state index in [2.05, 4.69) is 4.98 Å². The Morgan fingerprint density at radius 1 is 1.21 bits per heavy atom. The highest BCUT2D eigenvalue weighted by Gasteiger charge is 2.22. The molecular formula is C17H18FN3O2S. The standard InChI is InChI=1S/C17H18FN3O2S/c1-20(2)10-8-13-12-21(17-16(13)7-4-9-19-17)24(22,23)15-6-3-5-14(18)11-15/h3-7,9,11-12H,8,10H2,1-2H3. The molecule has 0 N–H and O–H groups in total. The Balaban J connectivity index is 2.15. The first-order chi connectivity index (χ1) is 11.4. The topological polar surface area (TPSA) is 55.2 Å². The van der Waals surface area contributed by atoms with Gasteiger partial charge in [-0.3, -0.25) is 0 Å². The van der Waals surface area contributed by atoms with Crippen molar-refractivity contribution in [2.45, 2.75) is 11.3 Å². The average Bonchev–Trinajstić information content (AvgIpc) is 2.92. The van der Waals surface area contributed by atoms with Crippen molar-refractivity contribution in [3.05, 3.63) is 60.2 Å². The maximum absolute atomic E-state index is 13.4. The largest absolute Gasteiger partial charge is 0.309 e. The first-order valence-corrected chi connectivity index (χ1v) is 8.94. The molecule has 0 spiro atoms. The van der Waals surface area contributed by atoms with E-state index in [9.17, 15) is 12.8 Å². The van der Waals surface area contributed by atoms with Crippen molar-refractivity contribution in [2.75, 3.05) is 20.6 Å². The Hall–Kier alpha value is -2.25. The SMILES string of the molecule is CN(C)CCc1cn(S(=O)(=O)c2cccc(F)c2)c2ncccc12. The summed E-state index contributed by atoms with van der Waals surface area (Å²) in [6, 6.07) is 8.63. The number of hydrogen-bond acceptors (Lipinski definition) is 4. The van der Waals surface area contributed by atoms with E-state index in [1.54, 1.807) is 18.5 Å². The second-order valence-electron chi connectivity index (χ2n) is 5.84. The van der Waals surface area contributed by atoms with Crippen LogP contribution < -0.4 is 0 Å². The van der Waals surface area contributed by atoms with Crippen molar-refractivity contribution in [1.29, 1.82) is 0 Å². The number of benzene rings is 1. The predicted octanol–water partition coefficient (Wildman–Crippen LogP) is 2.52. The lowest BCUT2D eigenvalue weighted by Crippen LogP contribution is -2.15. The van der Waals surface area contributed by atoms with Gasteiger partial charge in [-0.05, 0) is 56.4 Å². The van der Waals surface area contributed by atoms with Gasteiger partial charge in [-0.1, -0.05) is 6.07 Å². The molecule has 5 nitrogen and oxygen atoms in total. The zero-order valence-corrected chi connectivity index (χ0v) is 14.3. The minimum Gasteiger partial charge on any atom is -0.309 e. The lowest BCUT2D eigenvalue weighted by atomic mass is 10.1. The second kappa shape index (κ2) is 6.33. The normalized spacial score (nSPS) is 12.2. The molecule has 0 radical (unpaired) electrons. The minimum absolute atomic E-state index is 0.0933. The van der Waals surface area contributed by atoms with Crippen molar-refractivity contribution in [2.24, 2.45) is 0 Å². The van der Waals surface area contributed by atoms with E-state index >= 15 is 0 Å². The van der Waals surface area contributed by atoms with Gasteiger partial charge in [0, 0.05) is 24.3 Å². The van der Waals surface area contributed by atoms with E-state index in [1.807, 2.05) is 25.1 Å². The summed E-state index contributed by atoms with van der Waals surface area (Å²) < 4.78 is 40.4. The van der Waals surface area contributed by atoms with E-state index in [0.717, 1.165) is 27.5 Å². The molecule has 0 aliphatic carbocycles. The molecule has 24 heavy (non-hydrogen) atoms. The first kappa shape index (κ1) is 16.6. The Labute approximate surface area is 140 Å². The van der Waals surface area contributed by atoms with E-state index < -0.39 is 15.8 Å². The van der Waals surface area contributed by atoms with Crippen molar-refractivity contribution >= 4 is 21.1 Å². The van der Waals surface area contributed by atoms with Crippen molar-refractivity contribution in [3.8, 4) is 0 Å². The number of aromatic nitrogens is 2. The van der Waals surface area contributed by atoms with Crippen LogP contribution in [-0.4, -0.2) is 42.9 Å². The third-order valence-corrected chi connectivity index (χ3v) is 5.44. The van der Waals surface area contributed by atoms with Gasteiger partial charge in [0.1, 0.15) is 5.82 Å². The molecule has 0 bridgehead atoms. The summed E-state index contributed by atoms with van der Waals surface area (Å²) in [6.45, 7) is 0.786. The van der Waals surface area contributed by atoms with E-state index in [1.165, 1.54) is 18.2 Å². The first-order valence-electron chi connectivity index (χ1n) is 7.50. The molecule has 7 heteroatoms. The van der Waals surface area contributed by atoms with Gasteiger partial charge >= 0.3 is 0 Å². The van der Waals surface area contributed by atoms with Crippen LogP contribution >= 0.6 is 0 Å². The molecule has 0 fully saturated rings. The predicted molar refractivity (Wildman–Crippen MR) is 91.0 cm³/mol. The van der Waals surface area contributed by atoms with Crippen molar-refractivity contribution in [3.63, 3.8) is 0 Å². The second-order valence-corrected chi connectivity index (χ2v) is 7.66. The lowest BCUT2D eigenvalue weighted by molar-refractivity contribution is 0.414. The number of likely N-dealkylation sites (N-methyl/N-ethyl adjacent to an activating group) is 1. The van der Waals surface area contributed by atoms with Crippen LogP contribution in [-0.2, 0) is 16.4 Å². The third-order valence-electron chi connectivity index (χ3n) is 3.80. The average molecular weight is 347 g/mol. The lowest BCUT2D eigenvalue weighted by Gasteiger charge is -2.08. The van der Waals surface area contributed by atoms with Crippen LogP contribution in [0.15, 0.2) is 53.7 Å². The molecule has 0 atom stereocenters. The van der Waals surface area contributed by atoms with Gasteiger partial charge in [-0.25, -0.2) is 21.8 Å². The van der Waals surface area contributed by atoms with Crippen LogP contribution in [0, 0.1) is 5.82 Å². The molecule has 0 aliphatic heterocycles. The molecule has 3 rings (SSSR count). The summed E-state index contributed by atoms with van der Waals surface area (Å²) in [4.78, 5) is 6.15. The van der Waals surface area contributed by atoms with Gasteiger partial charge in [0.15, 0.2) is 5.65 Å². The fourth-order valence-corrected chi connectivity index (χ4v) is 3.94. The van der Waals surface area contributed by atoms with Crippen molar-refractivity contribution in [1.82, 2.24) is 13.9 Å². The van der Waals surface area contributed by atoms with E-state index in [0.29, 0.717) is 12.1 Å². The van der Waals surface area contributed by atoms with Crippen LogP contribution in [0.4, 0.5) is 4.39 Å². The number of halogens is 1. The maximum Gasteiger partial charge on any atom is 0.269 e. The number of pyridine rings is 1. The maximum atomic E-state index is 13.4. The number of rotatable bonds is 5. The Kier molecular flexibility index (Phi) is 4.38. The molecule has 126 valence electrons. The number of fused-ring (bicyclic) bond motifs is 1. The summed E-state index contributed by atoms with van der Waals surface area (Å²) in [6.07, 6.45) is 3.83. The van der Waals surface area contributed by atoms with E-state index in [-0.39, 0.29) is 4.90 Å². The van der Waals surface area contributed by atoms with Crippen LogP contribution in [0.5, 0.6) is 0 Å². The smallest absolute Gasteiger partial charge is 0.269 e.